The third-order valence-electron chi connectivity index (χ3n) is 0. The smallest absolute Gasteiger partial charge is 2.00 e. The Balaban J connectivity index is -0.0000000450. The van der Waals surface area contributed by atoms with Crippen LogP contribution < -0.4 is 0 Å². The fraction of sp³-hybridized carbons (Fsp3) is 0. The number of hydrogen-bond acceptors (Lipinski definition) is 1. The average Bonchev–Trinajstić information content (AvgIpc) is 0.811. The molecule has 0 spiro atoms. The van der Waals surface area contributed by atoms with Gasteiger partial charge >= 0.3 is 34.6 Å². The molecule has 0 aromatic carbocycles. The van der Waals surface area contributed by atoms with Crippen molar-refractivity contribution in [3.63, 3.8) is 0 Å². The molecule has 5 heteroatoms. The second-order valence-electron chi connectivity index (χ2n) is 0.305. The first-order chi connectivity index (χ1) is 1.73. The van der Waals surface area contributed by atoms with E-state index in [1.54, 1.807) is 0 Å². The van der Waals surface area contributed by atoms with Gasteiger partial charge in [0, 0.05) is 0 Å². The van der Waals surface area contributed by atoms with Crippen LogP contribution in [-0.4, -0.2) is 9.38 Å². The van der Waals surface area contributed by atoms with Crippen LogP contribution in [-0.2, 0) is 31.4 Å². The van der Waals surface area contributed by atoms with E-state index in [2.05, 4.69) is 0 Å². The van der Waals surface area contributed by atoms with Crippen molar-refractivity contribution < 1.29 is 41.3 Å². The van der Waals surface area contributed by atoms with E-state index in [9.17, 15) is 0 Å². The maximum absolute atomic E-state index is 9.00. The third-order valence-corrected chi connectivity index (χ3v) is 0. The van der Waals surface area contributed by atoms with E-state index in [-0.39, 0.29) is 11.0 Å². The molecule has 0 atom stereocenters. The summed E-state index contributed by atoms with van der Waals surface area (Å²) < 4.78 is -0.833. The van der Waals surface area contributed by atoms with Crippen LogP contribution in [0.25, 0.3) is 0 Å². The van der Waals surface area contributed by atoms with Crippen molar-refractivity contribution >= 4 is 4.27 Å². The zero-order chi connectivity index (χ0) is 3.58. The van der Waals surface area contributed by atoms with Gasteiger partial charge in [0.05, 0.1) is 0 Å². The first-order valence-corrected chi connectivity index (χ1v) is 1.46. The zero-order valence-electron chi connectivity index (χ0n) is 2.67. The van der Waals surface area contributed by atoms with Crippen LogP contribution in [0.4, 0.5) is 4.79 Å². The van der Waals surface area contributed by atoms with Crippen molar-refractivity contribution in [2.45, 2.75) is 0 Å². The normalized spacial score (nSPS) is 4.33. The van der Waals surface area contributed by atoms with Gasteiger partial charge in [0.15, 0.2) is 0 Å². The van der Waals surface area contributed by atoms with Gasteiger partial charge in [0.1, 0.15) is 0 Å². The summed E-state index contributed by atoms with van der Waals surface area (Å²) >= 11 is 1.08. The summed E-state index contributed by atoms with van der Waals surface area (Å²) in [7, 11) is 0. The van der Waals surface area contributed by atoms with Crippen molar-refractivity contribution in [1.82, 2.24) is 0 Å². The standard InChI is InChI=1S/CHO2.2O.Ti/c2-1-3;;;/h(H,2,3);;;/q;2*-2;+4. The maximum atomic E-state index is 9.00. The summed E-state index contributed by atoms with van der Waals surface area (Å²) in [4.78, 5) is 9.00. The zero-order valence-corrected chi connectivity index (χ0v) is 4.23. The van der Waals surface area contributed by atoms with Crippen LogP contribution in [0.3, 0.4) is 0 Å². The van der Waals surface area contributed by atoms with Gasteiger partial charge in [0.2, 0.25) is 0 Å². The summed E-state index contributed by atoms with van der Waals surface area (Å²) in [5, 5.41) is 7.42. The Hall–Kier alpha value is 0.104. The molecule has 0 heterocycles. The van der Waals surface area contributed by atoms with Crippen LogP contribution in [0, 0.1) is 0 Å². The molecule has 6 heavy (non-hydrogen) atoms. The Kier molecular flexibility index (Phi) is 24.5. The van der Waals surface area contributed by atoms with Gasteiger partial charge in [-0.15, -0.1) is 0 Å². The fourth-order valence-corrected chi connectivity index (χ4v) is 0. The van der Waals surface area contributed by atoms with Crippen LogP contribution >= 0.6 is 0 Å². The van der Waals surface area contributed by atoms with Gasteiger partial charge in [-0.05, 0) is 0 Å². The fourth-order valence-electron chi connectivity index (χ4n) is 0. The molecule has 0 amide bonds. The van der Waals surface area contributed by atoms with Gasteiger partial charge in [-0.1, -0.05) is 0 Å². The second kappa shape index (κ2) is 8.92. The molecule has 1 N–H and O–H groups in total. The molecular weight excluding hydrogens is 124 g/mol. The Morgan fingerprint density at radius 1 is 1.50 bits per heavy atom. The van der Waals surface area contributed by atoms with Crippen molar-refractivity contribution in [3.05, 3.63) is 0 Å². The molecule has 0 rings (SSSR count). The molecule has 0 aliphatic rings. The third kappa shape index (κ3) is 3640. The summed E-state index contributed by atoms with van der Waals surface area (Å²) in [5.74, 6) is 0. The van der Waals surface area contributed by atoms with E-state index in [1.807, 2.05) is 0 Å². The molecular formula is CHO4Ti. The SMILES string of the molecule is O=[C](O)[Ti+4].[O-2].[O-2]. The van der Waals surface area contributed by atoms with Crippen LogP contribution in [0.1, 0.15) is 0 Å². The molecule has 0 saturated carbocycles. The molecule has 0 saturated heterocycles. The van der Waals surface area contributed by atoms with E-state index in [0.717, 1.165) is 20.4 Å². The molecule has 0 aromatic heterocycles. The van der Waals surface area contributed by atoms with Crippen molar-refractivity contribution in [1.29, 1.82) is 0 Å². The molecule has 0 aliphatic heterocycles. The topological polar surface area (TPSA) is 94.3 Å². The van der Waals surface area contributed by atoms with E-state index in [4.69, 9.17) is 9.90 Å². The summed E-state index contributed by atoms with van der Waals surface area (Å²) in [6.07, 6.45) is 0. The van der Waals surface area contributed by atoms with E-state index in [0.29, 0.717) is 0 Å². The van der Waals surface area contributed by atoms with Crippen LogP contribution in [0.2, 0.25) is 0 Å². The predicted molar refractivity (Wildman–Crippen MR) is 9.40 cm³/mol. The van der Waals surface area contributed by atoms with Crippen molar-refractivity contribution in [2.24, 2.45) is 0 Å². The number of hydrogen-bond donors (Lipinski definition) is 1. The largest absolute Gasteiger partial charge is 2.00 e. The molecule has 0 bridgehead atoms. The van der Waals surface area contributed by atoms with Crippen LogP contribution in [0.5, 0.6) is 0 Å². The number of carboxylic acid groups (broad SMARTS) is 1. The molecule has 0 radical (unpaired) electrons. The molecule has 4 nitrogen and oxygen atoms in total. The molecule has 0 unspecified atom stereocenters. The monoisotopic (exact) mass is 125 g/mol. The summed E-state index contributed by atoms with van der Waals surface area (Å²) in [6.45, 7) is 0. The molecule has 33 valence electrons. The predicted octanol–water partition coefficient (Wildman–Crippen LogP) is -0.0264. The first-order valence-electron chi connectivity index (χ1n) is 0.678. The minimum Gasteiger partial charge on any atom is -2.00 e. The van der Waals surface area contributed by atoms with Crippen molar-refractivity contribution in [3.8, 4) is 0 Å². The quantitative estimate of drug-likeness (QED) is 0.460. The van der Waals surface area contributed by atoms with Crippen LogP contribution in [0.15, 0.2) is 0 Å². The molecule has 0 aliphatic carbocycles. The Labute approximate surface area is 46.2 Å². The van der Waals surface area contributed by atoms with Gasteiger partial charge < -0.3 is 11.0 Å². The minimum atomic E-state index is -0.833. The van der Waals surface area contributed by atoms with Gasteiger partial charge in [0.25, 0.3) is 0 Å². The molecule has 0 fully saturated rings. The van der Waals surface area contributed by atoms with E-state index >= 15 is 0 Å². The number of carbonyl (C=O) groups is 1. The average molecular weight is 125 g/mol. The molecule has 0 aromatic rings. The van der Waals surface area contributed by atoms with E-state index < -0.39 is 4.27 Å². The van der Waals surface area contributed by atoms with E-state index in [1.165, 1.54) is 0 Å². The van der Waals surface area contributed by atoms with Gasteiger partial charge in [-0.2, -0.15) is 0 Å². The Morgan fingerprint density at radius 2 is 1.50 bits per heavy atom. The first kappa shape index (κ1) is 16.5. The maximum Gasteiger partial charge on any atom is -2.00 e. The second-order valence-corrected chi connectivity index (χ2v) is 0.973. The summed E-state index contributed by atoms with van der Waals surface area (Å²) in [5.41, 5.74) is 0. The van der Waals surface area contributed by atoms with Gasteiger partial charge in [-0.3, -0.25) is 0 Å². The number of rotatable bonds is 0. The Bertz CT molecular complexity index is 30.5. The van der Waals surface area contributed by atoms with Crippen molar-refractivity contribution in [2.75, 3.05) is 0 Å². The minimum absolute atomic E-state index is 0. The Morgan fingerprint density at radius 3 is 1.50 bits per heavy atom. The summed E-state index contributed by atoms with van der Waals surface area (Å²) in [6, 6.07) is 0. The van der Waals surface area contributed by atoms with Gasteiger partial charge in [-0.25, -0.2) is 0 Å².